The third-order valence-electron chi connectivity index (χ3n) is 4.85. The van der Waals surface area contributed by atoms with Crippen molar-refractivity contribution in [2.75, 3.05) is 11.4 Å². The highest BCUT2D eigenvalue weighted by molar-refractivity contribution is 7.12. The van der Waals surface area contributed by atoms with Crippen molar-refractivity contribution in [3.63, 3.8) is 0 Å². The molecule has 3 nitrogen and oxygen atoms in total. The number of amides is 1. The summed E-state index contributed by atoms with van der Waals surface area (Å²) < 4.78 is 0. The zero-order chi connectivity index (χ0) is 18.1. The van der Waals surface area contributed by atoms with E-state index < -0.39 is 0 Å². The number of nitrogens with zero attached hydrogens (tertiary/aromatic N) is 2. The van der Waals surface area contributed by atoms with E-state index in [0.29, 0.717) is 6.42 Å². The molecule has 26 heavy (non-hydrogen) atoms. The molecule has 0 fully saturated rings. The van der Waals surface area contributed by atoms with Crippen molar-refractivity contribution in [1.82, 2.24) is 4.98 Å². The largest absolute Gasteiger partial charge is 0.312 e. The number of thiazole rings is 1. The fraction of sp³-hybridized carbons (Fsp3) is 0.273. The number of aromatic nitrogens is 1. The van der Waals surface area contributed by atoms with E-state index in [-0.39, 0.29) is 5.91 Å². The predicted molar refractivity (Wildman–Crippen MR) is 108 cm³/mol. The molecule has 2 aromatic carbocycles. The van der Waals surface area contributed by atoms with Gasteiger partial charge in [0.25, 0.3) is 0 Å². The maximum atomic E-state index is 13.1. The van der Waals surface area contributed by atoms with Crippen molar-refractivity contribution in [3.05, 3.63) is 69.5 Å². The van der Waals surface area contributed by atoms with Gasteiger partial charge in [0, 0.05) is 22.7 Å². The van der Waals surface area contributed by atoms with Gasteiger partial charge >= 0.3 is 0 Å². The van der Waals surface area contributed by atoms with Gasteiger partial charge in [-0.05, 0) is 38.3 Å². The number of para-hydroxylation sites is 1. The molecule has 4 heteroatoms. The van der Waals surface area contributed by atoms with Gasteiger partial charge in [0.1, 0.15) is 0 Å². The van der Waals surface area contributed by atoms with Gasteiger partial charge in [-0.1, -0.05) is 48.0 Å². The molecule has 1 aliphatic heterocycles. The van der Waals surface area contributed by atoms with Crippen LogP contribution in [0.25, 0.3) is 11.3 Å². The average molecular weight is 362 g/mol. The van der Waals surface area contributed by atoms with Crippen LogP contribution in [0.15, 0.2) is 48.5 Å². The highest BCUT2D eigenvalue weighted by Gasteiger charge is 2.24. The maximum absolute atomic E-state index is 13.1. The number of hydrogen-bond donors (Lipinski definition) is 0. The van der Waals surface area contributed by atoms with Crippen molar-refractivity contribution >= 4 is 22.9 Å². The molecule has 132 valence electrons. The number of carbonyl (C=O) groups is 1. The van der Waals surface area contributed by atoms with Crippen LogP contribution in [0, 0.1) is 13.8 Å². The SMILES string of the molecule is Cc1ccc(-c2nc(C)sc2CC(=O)N2CCCc3ccccc32)cc1. The van der Waals surface area contributed by atoms with E-state index in [1.54, 1.807) is 11.3 Å². The summed E-state index contributed by atoms with van der Waals surface area (Å²) >= 11 is 1.63. The van der Waals surface area contributed by atoms with E-state index in [4.69, 9.17) is 4.98 Å². The van der Waals surface area contributed by atoms with Gasteiger partial charge < -0.3 is 4.90 Å². The lowest BCUT2D eigenvalue weighted by atomic mass is 10.0. The molecule has 0 spiro atoms. The number of carbonyl (C=O) groups excluding carboxylic acids is 1. The van der Waals surface area contributed by atoms with E-state index in [0.717, 1.165) is 46.2 Å². The lowest BCUT2D eigenvalue weighted by Gasteiger charge is -2.29. The Morgan fingerprint density at radius 3 is 2.69 bits per heavy atom. The first-order chi connectivity index (χ1) is 12.6. The number of aryl methyl sites for hydroxylation is 3. The van der Waals surface area contributed by atoms with Crippen molar-refractivity contribution in [1.29, 1.82) is 0 Å². The lowest BCUT2D eigenvalue weighted by Crippen LogP contribution is -2.36. The van der Waals surface area contributed by atoms with E-state index in [2.05, 4.69) is 49.4 Å². The molecule has 0 bridgehead atoms. The van der Waals surface area contributed by atoms with Crippen LogP contribution in [0.5, 0.6) is 0 Å². The van der Waals surface area contributed by atoms with Crippen LogP contribution in [0.4, 0.5) is 5.69 Å². The molecular weight excluding hydrogens is 340 g/mol. The maximum Gasteiger partial charge on any atom is 0.232 e. The summed E-state index contributed by atoms with van der Waals surface area (Å²) in [4.78, 5) is 20.8. The molecule has 1 amide bonds. The molecule has 0 saturated carbocycles. The minimum atomic E-state index is 0.161. The van der Waals surface area contributed by atoms with Crippen molar-refractivity contribution in [2.45, 2.75) is 33.1 Å². The summed E-state index contributed by atoms with van der Waals surface area (Å²) in [5, 5.41) is 1.00. The number of hydrogen-bond acceptors (Lipinski definition) is 3. The summed E-state index contributed by atoms with van der Waals surface area (Å²) in [6.07, 6.45) is 2.48. The molecule has 0 radical (unpaired) electrons. The second-order valence-corrected chi connectivity index (χ2v) is 8.11. The molecule has 0 unspecified atom stereocenters. The molecule has 0 aliphatic carbocycles. The Balaban J connectivity index is 1.62. The molecule has 3 aromatic rings. The van der Waals surface area contributed by atoms with Gasteiger partial charge in [-0.2, -0.15) is 0 Å². The second-order valence-electron chi connectivity index (χ2n) is 6.83. The van der Waals surface area contributed by atoms with Gasteiger partial charge in [0.15, 0.2) is 0 Å². The average Bonchev–Trinajstić information content (AvgIpc) is 3.02. The Kier molecular flexibility index (Phi) is 4.60. The molecule has 1 aliphatic rings. The van der Waals surface area contributed by atoms with Crippen molar-refractivity contribution in [3.8, 4) is 11.3 Å². The Morgan fingerprint density at radius 1 is 1.12 bits per heavy atom. The lowest BCUT2D eigenvalue weighted by molar-refractivity contribution is -0.118. The fourth-order valence-electron chi connectivity index (χ4n) is 3.55. The number of rotatable bonds is 3. The number of benzene rings is 2. The first-order valence-corrected chi connectivity index (χ1v) is 9.85. The minimum absolute atomic E-state index is 0.161. The smallest absolute Gasteiger partial charge is 0.232 e. The number of fused-ring (bicyclic) bond motifs is 1. The van der Waals surface area contributed by atoms with Crippen LogP contribution in [-0.4, -0.2) is 17.4 Å². The summed E-state index contributed by atoms with van der Waals surface area (Å²) in [6, 6.07) is 16.6. The Bertz CT molecular complexity index is 943. The van der Waals surface area contributed by atoms with E-state index in [1.807, 2.05) is 17.9 Å². The summed E-state index contributed by atoms with van der Waals surface area (Å²) in [6.45, 7) is 4.88. The summed E-state index contributed by atoms with van der Waals surface area (Å²) in [7, 11) is 0. The van der Waals surface area contributed by atoms with Gasteiger partial charge in [0.2, 0.25) is 5.91 Å². The number of anilines is 1. The zero-order valence-electron chi connectivity index (χ0n) is 15.2. The van der Waals surface area contributed by atoms with Crippen LogP contribution in [0.1, 0.15) is 27.4 Å². The third-order valence-corrected chi connectivity index (χ3v) is 5.82. The fourth-order valence-corrected chi connectivity index (χ4v) is 4.50. The van der Waals surface area contributed by atoms with Gasteiger partial charge in [-0.25, -0.2) is 4.98 Å². The summed E-state index contributed by atoms with van der Waals surface area (Å²) in [5.41, 5.74) is 5.60. The standard InChI is InChI=1S/C22H22N2OS/c1-15-9-11-18(12-10-15)22-20(26-16(2)23-22)14-21(25)24-13-5-7-17-6-3-4-8-19(17)24/h3-4,6,8-12H,5,7,13-14H2,1-2H3. The van der Waals surface area contributed by atoms with Crippen molar-refractivity contribution in [2.24, 2.45) is 0 Å². The van der Waals surface area contributed by atoms with Gasteiger partial charge in [-0.3, -0.25) is 4.79 Å². The predicted octanol–water partition coefficient (Wildman–Crippen LogP) is 4.95. The Labute approximate surface area is 158 Å². The first kappa shape index (κ1) is 17.0. The van der Waals surface area contributed by atoms with Gasteiger partial charge in [0.05, 0.1) is 17.1 Å². The Morgan fingerprint density at radius 2 is 1.88 bits per heavy atom. The van der Waals surface area contributed by atoms with Crippen LogP contribution in [-0.2, 0) is 17.6 Å². The van der Waals surface area contributed by atoms with Crippen LogP contribution >= 0.6 is 11.3 Å². The van der Waals surface area contributed by atoms with Gasteiger partial charge in [-0.15, -0.1) is 11.3 Å². The Hall–Kier alpha value is -2.46. The van der Waals surface area contributed by atoms with Crippen molar-refractivity contribution < 1.29 is 4.79 Å². The third kappa shape index (κ3) is 3.29. The normalized spacial score (nSPS) is 13.5. The van der Waals surface area contributed by atoms with Crippen LogP contribution in [0.2, 0.25) is 0 Å². The molecule has 0 N–H and O–H groups in total. The quantitative estimate of drug-likeness (QED) is 0.660. The van der Waals surface area contributed by atoms with Crippen LogP contribution < -0.4 is 4.90 Å². The zero-order valence-corrected chi connectivity index (χ0v) is 16.0. The minimum Gasteiger partial charge on any atom is -0.312 e. The molecule has 0 saturated heterocycles. The van der Waals surface area contributed by atoms with Crippen LogP contribution in [0.3, 0.4) is 0 Å². The second kappa shape index (κ2) is 7.04. The molecular formula is C22H22N2OS. The topological polar surface area (TPSA) is 33.2 Å². The highest BCUT2D eigenvalue weighted by atomic mass is 32.1. The molecule has 0 atom stereocenters. The van der Waals surface area contributed by atoms with E-state index >= 15 is 0 Å². The molecule has 1 aromatic heterocycles. The monoisotopic (exact) mass is 362 g/mol. The van der Waals surface area contributed by atoms with E-state index in [1.165, 1.54) is 11.1 Å². The highest BCUT2D eigenvalue weighted by Crippen LogP contribution is 2.31. The first-order valence-electron chi connectivity index (χ1n) is 9.03. The van der Waals surface area contributed by atoms with E-state index in [9.17, 15) is 4.79 Å². The molecule has 2 heterocycles. The summed E-state index contributed by atoms with van der Waals surface area (Å²) in [5.74, 6) is 0.161. The molecule has 4 rings (SSSR count).